The fourth-order valence-corrected chi connectivity index (χ4v) is 10.6. The summed E-state index contributed by atoms with van der Waals surface area (Å²) in [5.41, 5.74) is 16.4. The fraction of sp³-hybridized carbons (Fsp3) is 0.154. The molecule has 0 fully saturated rings. The van der Waals surface area contributed by atoms with Crippen molar-refractivity contribution in [3.63, 3.8) is 0 Å². The van der Waals surface area contributed by atoms with Crippen LogP contribution in [0, 0.1) is 0 Å². The summed E-state index contributed by atoms with van der Waals surface area (Å²) in [4.78, 5) is 4.79. The molecule has 0 saturated heterocycles. The Morgan fingerprint density at radius 3 is 2.12 bits per heavy atom. The van der Waals surface area contributed by atoms with E-state index in [0.717, 1.165) is 49.3 Å². The van der Waals surface area contributed by atoms with E-state index in [-0.39, 0.29) is 17.7 Å². The van der Waals surface area contributed by atoms with Crippen LogP contribution in [-0.4, -0.2) is 11.3 Å². The van der Waals surface area contributed by atoms with Crippen LogP contribution in [0.15, 0.2) is 154 Å². The number of benzene rings is 7. The van der Waals surface area contributed by atoms with Gasteiger partial charge < -0.3 is 18.5 Å². The lowest BCUT2D eigenvalue weighted by Crippen LogP contribution is -2.57. The van der Waals surface area contributed by atoms with Crippen molar-refractivity contribution in [2.45, 2.75) is 62.2 Å². The van der Waals surface area contributed by atoms with Gasteiger partial charge in [-0.25, -0.2) is 0 Å². The van der Waals surface area contributed by atoms with Gasteiger partial charge in [0, 0.05) is 44.9 Å². The van der Waals surface area contributed by atoms with Crippen molar-refractivity contribution in [2.24, 2.45) is 0 Å². The summed E-state index contributed by atoms with van der Waals surface area (Å²) < 4.78 is 16.3. The molecule has 6 heteroatoms. The number of anilines is 3. The van der Waals surface area contributed by atoms with Crippen LogP contribution < -0.4 is 20.6 Å². The fourth-order valence-electron chi connectivity index (χ4n) is 9.65. The number of rotatable bonds is 2. The predicted molar refractivity (Wildman–Crippen MR) is 243 cm³/mol. The zero-order valence-electron chi connectivity index (χ0n) is 33.5. The van der Waals surface area contributed by atoms with Gasteiger partial charge in [-0.05, 0) is 86.5 Å². The van der Waals surface area contributed by atoms with Crippen molar-refractivity contribution in [1.29, 1.82) is 0 Å². The number of nitrogens with zero attached hydrogens (tertiary/aromatic N) is 2. The molecule has 9 aromatic rings. The van der Waals surface area contributed by atoms with Crippen molar-refractivity contribution in [2.75, 3.05) is 4.90 Å². The number of ether oxygens (including phenoxy) is 1. The minimum Gasteiger partial charge on any atom is -0.455 e. The lowest BCUT2D eigenvalue weighted by atomic mass is 9.45. The van der Waals surface area contributed by atoms with Crippen molar-refractivity contribution in [1.82, 2.24) is 4.48 Å². The molecule has 3 aliphatic heterocycles. The van der Waals surface area contributed by atoms with Crippen LogP contribution in [0.4, 0.5) is 17.1 Å². The molecule has 280 valence electrons. The van der Waals surface area contributed by atoms with Crippen LogP contribution in [0.2, 0.25) is 0 Å². The van der Waals surface area contributed by atoms with Gasteiger partial charge in [-0.15, -0.1) is 0 Å². The lowest BCUT2D eigenvalue weighted by molar-refractivity contribution is 0.455. The standard InChI is InChI=1S/C52H41BN2O2S/c1-51(2,3)31-23-24-39(36(25-31)30-15-8-7-9-16-30)54-40-29-44-46(58-45-22-13-12-21-43(45)56-44)28-38(40)53-48-37(26-32(27-41(48)54)52(4,5)6)33-18-14-19-35-47-34-17-10-11-20-42(34)57-50(47)55(53)49(33)35/h7-29H,1-6H3. The number of furan rings is 1. The molecule has 58 heavy (non-hydrogen) atoms. The van der Waals surface area contributed by atoms with E-state index in [0.29, 0.717) is 0 Å². The molecule has 7 aromatic carbocycles. The van der Waals surface area contributed by atoms with Crippen molar-refractivity contribution in [3.8, 4) is 33.8 Å². The molecule has 12 rings (SSSR count). The van der Waals surface area contributed by atoms with Crippen molar-refractivity contribution in [3.05, 3.63) is 151 Å². The summed E-state index contributed by atoms with van der Waals surface area (Å²) in [6, 6.07) is 51.4. The van der Waals surface area contributed by atoms with Crippen LogP contribution in [0.25, 0.3) is 55.2 Å². The first kappa shape index (κ1) is 34.0. The average molecular weight is 769 g/mol. The molecule has 0 atom stereocenters. The quantitative estimate of drug-likeness (QED) is 0.164. The van der Waals surface area contributed by atoms with Gasteiger partial charge in [0.05, 0.1) is 20.9 Å². The molecule has 2 aromatic heterocycles. The second kappa shape index (κ2) is 11.7. The first-order chi connectivity index (χ1) is 28.0. The highest BCUT2D eigenvalue weighted by Crippen LogP contribution is 2.53. The third-order valence-corrected chi connectivity index (χ3v) is 13.6. The Kier molecular flexibility index (Phi) is 6.88. The molecular formula is C52H41BN2O2S. The molecule has 5 heterocycles. The topological polar surface area (TPSA) is 30.5 Å². The Bertz CT molecular complexity index is 3220. The first-order valence-electron chi connectivity index (χ1n) is 20.3. The average Bonchev–Trinajstić information content (AvgIpc) is 3.76. The normalized spacial score (nSPS) is 14.0. The molecule has 0 bridgehead atoms. The monoisotopic (exact) mass is 768 g/mol. The van der Waals surface area contributed by atoms with Gasteiger partial charge in [-0.1, -0.05) is 144 Å². The smallest absolute Gasteiger partial charge is 0.336 e. The summed E-state index contributed by atoms with van der Waals surface area (Å²) in [7, 11) is 0. The summed E-state index contributed by atoms with van der Waals surface area (Å²) >= 11 is 1.79. The maximum Gasteiger partial charge on any atom is 0.336 e. The Balaban J connectivity index is 1.24. The maximum atomic E-state index is 6.96. The molecule has 4 nitrogen and oxygen atoms in total. The molecule has 0 aliphatic carbocycles. The largest absolute Gasteiger partial charge is 0.455 e. The first-order valence-corrected chi connectivity index (χ1v) is 21.1. The van der Waals surface area contributed by atoms with E-state index in [1.807, 2.05) is 0 Å². The van der Waals surface area contributed by atoms with Crippen LogP contribution in [0.3, 0.4) is 0 Å². The minimum atomic E-state index is -0.155. The van der Waals surface area contributed by atoms with E-state index in [2.05, 4.69) is 190 Å². The molecule has 0 unspecified atom stereocenters. The van der Waals surface area contributed by atoms with E-state index >= 15 is 0 Å². The number of aromatic nitrogens is 1. The van der Waals surface area contributed by atoms with E-state index in [4.69, 9.17) is 9.15 Å². The van der Waals surface area contributed by atoms with Gasteiger partial charge in [0.1, 0.15) is 17.1 Å². The molecule has 3 aliphatic rings. The zero-order chi connectivity index (χ0) is 39.2. The molecule has 0 N–H and O–H groups in total. The number of hydrogen-bond donors (Lipinski definition) is 0. The number of para-hydroxylation sites is 3. The summed E-state index contributed by atoms with van der Waals surface area (Å²) in [6.07, 6.45) is 0. The minimum absolute atomic E-state index is 0.0305. The SMILES string of the molecule is CC(C)(C)c1ccc(N2c3cc4c(cc3B3c5c(cc(C(C)(C)C)cc52)-c2cccc5c6c7ccccc7oc6n3c25)Sc2ccccc2O4)c(-c2ccccc2)c1. The second-order valence-electron chi connectivity index (χ2n) is 18.2. The van der Waals surface area contributed by atoms with Crippen LogP contribution in [-0.2, 0) is 10.8 Å². The molecular weight excluding hydrogens is 727 g/mol. The van der Waals surface area contributed by atoms with E-state index in [9.17, 15) is 0 Å². The maximum absolute atomic E-state index is 6.96. The summed E-state index contributed by atoms with van der Waals surface area (Å²) in [6.45, 7) is 13.7. The van der Waals surface area contributed by atoms with E-state index in [1.54, 1.807) is 11.8 Å². The van der Waals surface area contributed by atoms with Crippen molar-refractivity contribution < 1.29 is 9.15 Å². The highest BCUT2D eigenvalue weighted by atomic mass is 32.2. The van der Waals surface area contributed by atoms with Gasteiger partial charge >= 0.3 is 6.85 Å². The van der Waals surface area contributed by atoms with Gasteiger partial charge in [-0.2, -0.15) is 0 Å². The Hall–Kier alpha value is -6.11. The molecule has 0 amide bonds. The van der Waals surface area contributed by atoms with Crippen LogP contribution in [0.1, 0.15) is 52.7 Å². The van der Waals surface area contributed by atoms with Gasteiger partial charge in [0.15, 0.2) is 5.71 Å². The third-order valence-electron chi connectivity index (χ3n) is 12.5. The lowest BCUT2D eigenvalue weighted by Gasteiger charge is -2.42. The molecule has 0 saturated carbocycles. The van der Waals surface area contributed by atoms with Crippen molar-refractivity contribution >= 4 is 79.6 Å². The summed E-state index contributed by atoms with van der Waals surface area (Å²) in [5.74, 6) is 1.76. The Labute approximate surface area is 343 Å². The van der Waals surface area contributed by atoms with Gasteiger partial charge in [0.2, 0.25) is 0 Å². The van der Waals surface area contributed by atoms with Crippen LogP contribution >= 0.6 is 11.8 Å². The van der Waals surface area contributed by atoms with E-state index < -0.39 is 0 Å². The summed E-state index contributed by atoms with van der Waals surface area (Å²) in [5, 5.41) is 3.55. The zero-order valence-corrected chi connectivity index (χ0v) is 34.3. The molecule has 0 spiro atoms. The second-order valence-corrected chi connectivity index (χ2v) is 19.2. The Morgan fingerprint density at radius 1 is 0.552 bits per heavy atom. The predicted octanol–water partition coefficient (Wildman–Crippen LogP) is 13.5. The van der Waals surface area contributed by atoms with E-state index in [1.165, 1.54) is 66.3 Å². The highest BCUT2D eigenvalue weighted by Gasteiger charge is 2.45. The number of fused-ring (bicyclic) bond motifs is 11. The van der Waals surface area contributed by atoms with Gasteiger partial charge in [-0.3, -0.25) is 0 Å². The highest BCUT2D eigenvalue weighted by molar-refractivity contribution is 7.99. The van der Waals surface area contributed by atoms with Gasteiger partial charge in [0.25, 0.3) is 0 Å². The number of hydrogen-bond acceptors (Lipinski definition) is 4. The van der Waals surface area contributed by atoms with Crippen LogP contribution in [0.5, 0.6) is 11.5 Å². The molecule has 0 radical (unpaired) electrons. The third kappa shape index (κ3) is 4.72. The Morgan fingerprint density at radius 2 is 1.29 bits per heavy atom.